The van der Waals surface area contributed by atoms with Crippen molar-refractivity contribution in [2.75, 3.05) is 16.6 Å². The van der Waals surface area contributed by atoms with Crippen LogP contribution in [-0.4, -0.2) is 35.2 Å². The van der Waals surface area contributed by atoms with E-state index >= 15 is 0 Å². The van der Waals surface area contributed by atoms with Crippen LogP contribution in [0.4, 0.5) is 11.6 Å². The zero-order valence-electron chi connectivity index (χ0n) is 10.5. The summed E-state index contributed by atoms with van der Waals surface area (Å²) in [4.78, 5) is 1.32. The summed E-state index contributed by atoms with van der Waals surface area (Å²) >= 11 is 0. The molecule has 1 aromatic heterocycles. The van der Waals surface area contributed by atoms with Gasteiger partial charge in [-0.25, -0.2) is 13.1 Å². The number of tetrazole rings is 1. The molecule has 0 bridgehead atoms. The van der Waals surface area contributed by atoms with Gasteiger partial charge in [-0.05, 0) is 24.3 Å². The molecular weight excluding hydrogens is 268 g/mol. The van der Waals surface area contributed by atoms with Gasteiger partial charge in [-0.1, -0.05) is 17.2 Å². The van der Waals surface area contributed by atoms with Crippen molar-refractivity contribution in [3.05, 3.63) is 24.3 Å². The zero-order chi connectivity index (χ0) is 13.9. The Morgan fingerprint density at radius 1 is 1.32 bits per heavy atom. The molecular formula is C10H14N6O2S. The highest BCUT2D eigenvalue weighted by Crippen LogP contribution is 2.22. The number of aryl methyl sites for hydroxylation is 1. The van der Waals surface area contributed by atoms with Gasteiger partial charge in [0.2, 0.25) is 0 Å². The van der Waals surface area contributed by atoms with Crippen molar-refractivity contribution in [3.8, 4) is 0 Å². The molecule has 0 fully saturated rings. The van der Waals surface area contributed by atoms with Gasteiger partial charge in [0, 0.05) is 6.54 Å². The van der Waals surface area contributed by atoms with Crippen LogP contribution in [0.15, 0.2) is 29.2 Å². The number of rotatable bonds is 5. The number of aromatic nitrogens is 4. The Hall–Kier alpha value is -2.16. The molecule has 2 N–H and O–H groups in total. The Balaban J connectivity index is 2.34. The van der Waals surface area contributed by atoms with Crippen LogP contribution in [0, 0.1) is 0 Å². The standard InChI is InChI=1S/C10H14N6O2S/c1-3-11-8-6-4-5-7-9(8)19(17,18)14-10-12-15-16(2)13-10/h4-7,11H,3H2,1-2H3,(H,13,14). The molecule has 0 amide bonds. The van der Waals surface area contributed by atoms with Crippen molar-refractivity contribution in [2.45, 2.75) is 11.8 Å². The van der Waals surface area contributed by atoms with E-state index in [-0.39, 0.29) is 10.8 Å². The summed E-state index contributed by atoms with van der Waals surface area (Å²) in [5.74, 6) is -0.0613. The van der Waals surface area contributed by atoms with Crippen LogP contribution in [0.3, 0.4) is 0 Å². The Kier molecular flexibility index (Phi) is 3.65. The predicted molar refractivity (Wildman–Crippen MR) is 70.2 cm³/mol. The van der Waals surface area contributed by atoms with Crippen LogP contribution in [0.1, 0.15) is 6.92 Å². The number of nitrogens with zero attached hydrogens (tertiary/aromatic N) is 4. The van der Waals surface area contributed by atoms with Gasteiger partial charge in [-0.15, -0.1) is 5.10 Å². The van der Waals surface area contributed by atoms with Crippen molar-refractivity contribution in [2.24, 2.45) is 7.05 Å². The molecule has 8 nitrogen and oxygen atoms in total. The summed E-state index contributed by atoms with van der Waals surface area (Å²) in [6.07, 6.45) is 0. The summed E-state index contributed by atoms with van der Waals surface area (Å²) in [5, 5.41) is 13.9. The fraction of sp³-hybridized carbons (Fsp3) is 0.300. The van der Waals surface area contributed by atoms with E-state index in [1.54, 1.807) is 25.2 Å². The van der Waals surface area contributed by atoms with Gasteiger partial charge in [0.1, 0.15) is 4.90 Å². The third-order valence-corrected chi connectivity index (χ3v) is 3.66. The first-order chi connectivity index (χ1) is 9.03. The molecule has 9 heteroatoms. The summed E-state index contributed by atoms with van der Waals surface area (Å²) in [6, 6.07) is 6.62. The van der Waals surface area contributed by atoms with Crippen molar-refractivity contribution < 1.29 is 8.42 Å². The summed E-state index contributed by atoms with van der Waals surface area (Å²) < 4.78 is 26.8. The lowest BCUT2D eigenvalue weighted by molar-refractivity contribution is 0.601. The molecule has 0 unspecified atom stereocenters. The first-order valence-electron chi connectivity index (χ1n) is 5.62. The second kappa shape index (κ2) is 5.22. The maximum absolute atomic E-state index is 12.2. The van der Waals surface area contributed by atoms with E-state index in [1.165, 1.54) is 10.9 Å². The molecule has 1 aromatic carbocycles. The molecule has 0 aliphatic carbocycles. The lowest BCUT2D eigenvalue weighted by Crippen LogP contribution is -2.16. The topological polar surface area (TPSA) is 102 Å². The maximum atomic E-state index is 12.2. The van der Waals surface area contributed by atoms with Gasteiger partial charge in [-0.2, -0.15) is 4.80 Å². The van der Waals surface area contributed by atoms with Crippen LogP contribution < -0.4 is 10.0 Å². The van der Waals surface area contributed by atoms with Gasteiger partial charge in [0.15, 0.2) is 0 Å². The molecule has 0 aliphatic rings. The second-order valence-electron chi connectivity index (χ2n) is 3.73. The molecule has 0 spiro atoms. The van der Waals surface area contributed by atoms with Crippen molar-refractivity contribution in [3.63, 3.8) is 0 Å². The maximum Gasteiger partial charge on any atom is 0.277 e. The van der Waals surface area contributed by atoms with E-state index in [9.17, 15) is 8.42 Å². The fourth-order valence-corrected chi connectivity index (χ4v) is 2.66. The molecule has 0 radical (unpaired) electrons. The lowest BCUT2D eigenvalue weighted by atomic mass is 10.3. The number of para-hydroxylation sites is 1. The highest BCUT2D eigenvalue weighted by Gasteiger charge is 2.20. The van der Waals surface area contributed by atoms with Crippen LogP contribution in [0.2, 0.25) is 0 Å². The average molecular weight is 282 g/mol. The number of hydrogen-bond acceptors (Lipinski definition) is 6. The Labute approximate surface area is 110 Å². The summed E-state index contributed by atoms with van der Waals surface area (Å²) in [5.41, 5.74) is 0.529. The smallest absolute Gasteiger partial charge is 0.277 e. The van der Waals surface area contributed by atoms with Crippen LogP contribution in [0.25, 0.3) is 0 Å². The highest BCUT2D eigenvalue weighted by molar-refractivity contribution is 7.92. The van der Waals surface area contributed by atoms with E-state index in [0.29, 0.717) is 12.2 Å². The second-order valence-corrected chi connectivity index (χ2v) is 5.39. The molecule has 2 rings (SSSR count). The Morgan fingerprint density at radius 3 is 2.68 bits per heavy atom. The monoisotopic (exact) mass is 282 g/mol. The van der Waals surface area contributed by atoms with Crippen molar-refractivity contribution in [1.29, 1.82) is 0 Å². The quantitative estimate of drug-likeness (QED) is 0.825. The molecule has 1 heterocycles. The van der Waals surface area contributed by atoms with Crippen molar-refractivity contribution >= 4 is 21.7 Å². The minimum atomic E-state index is -3.74. The molecule has 0 saturated heterocycles. The third kappa shape index (κ3) is 2.99. The van der Waals surface area contributed by atoms with Gasteiger partial charge < -0.3 is 5.32 Å². The van der Waals surface area contributed by atoms with E-state index in [1.807, 2.05) is 6.92 Å². The molecule has 0 atom stereocenters. The van der Waals surface area contributed by atoms with E-state index < -0.39 is 10.0 Å². The first kappa shape index (κ1) is 13.3. The Morgan fingerprint density at radius 2 is 2.05 bits per heavy atom. The van der Waals surface area contributed by atoms with Crippen LogP contribution in [0.5, 0.6) is 0 Å². The molecule has 19 heavy (non-hydrogen) atoms. The molecule has 0 aliphatic heterocycles. The van der Waals surface area contributed by atoms with E-state index in [0.717, 1.165) is 0 Å². The molecule has 0 saturated carbocycles. The Bertz CT molecular complexity index is 666. The van der Waals surface area contributed by atoms with Gasteiger partial charge in [0.25, 0.3) is 16.0 Å². The predicted octanol–water partition coefficient (Wildman–Crippen LogP) is 0.443. The number of nitrogens with one attached hydrogen (secondary N) is 2. The number of sulfonamides is 1. The number of hydrogen-bond donors (Lipinski definition) is 2. The van der Waals surface area contributed by atoms with Gasteiger partial charge in [0.05, 0.1) is 12.7 Å². The zero-order valence-corrected chi connectivity index (χ0v) is 11.3. The first-order valence-corrected chi connectivity index (χ1v) is 7.11. The highest BCUT2D eigenvalue weighted by atomic mass is 32.2. The number of benzene rings is 1. The molecule has 2 aromatic rings. The third-order valence-electron chi connectivity index (χ3n) is 2.28. The fourth-order valence-electron chi connectivity index (χ4n) is 1.54. The minimum Gasteiger partial charge on any atom is -0.384 e. The number of anilines is 2. The minimum absolute atomic E-state index is 0.0613. The van der Waals surface area contributed by atoms with Crippen LogP contribution >= 0.6 is 0 Å². The van der Waals surface area contributed by atoms with Crippen LogP contribution in [-0.2, 0) is 17.1 Å². The average Bonchev–Trinajstić information content (AvgIpc) is 2.75. The largest absolute Gasteiger partial charge is 0.384 e. The summed E-state index contributed by atoms with van der Waals surface area (Å²) in [7, 11) is -2.19. The SMILES string of the molecule is CCNc1ccccc1S(=O)(=O)Nc1nnn(C)n1. The normalized spacial score (nSPS) is 11.3. The van der Waals surface area contributed by atoms with Gasteiger partial charge >= 0.3 is 0 Å². The summed E-state index contributed by atoms with van der Waals surface area (Å²) in [6.45, 7) is 2.51. The lowest BCUT2D eigenvalue weighted by Gasteiger charge is -2.10. The molecule has 102 valence electrons. The van der Waals surface area contributed by atoms with E-state index in [4.69, 9.17) is 0 Å². The van der Waals surface area contributed by atoms with E-state index in [2.05, 4.69) is 25.4 Å². The van der Waals surface area contributed by atoms with Crippen molar-refractivity contribution in [1.82, 2.24) is 20.2 Å². The van der Waals surface area contributed by atoms with Gasteiger partial charge in [-0.3, -0.25) is 0 Å².